The molecule has 3 aromatic rings. The number of carbonyl (C=O) groups is 2. The molecule has 0 fully saturated rings. The van der Waals surface area contributed by atoms with E-state index in [2.05, 4.69) is 0 Å². The number of halogens is 2. The van der Waals surface area contributed by atoms with Crippen molar-refractivity contribution in [1.82, 2.24) is 14.5 Å². The lowest BCUT2D eigenvalue weighted by molar-refractivity contribution is -0.135. The number of nitrogens with one attached hydrogen (secondary N) is 1. The molecular weight excluding hydrogens is 424 g/mol. The first-order valence-corrected chi connectivity index (χ1v) is 9.36. The number of carbonyl (C=O) groups excluding carboxylic acids is 1. The number of carboxylic acid groups (broad SMARTS) is 1. The molecule has 8 nitrogen and oxygen atoms in total. The van der Waals surface area contributed by atoms with Crippen LogP contribution in [0.15, 0.2) is 64.3 Å². The summed E-state index contributed by atoms with van der Waals surface area (Å²) < 4.78 is 28.6. The van der Waals surface area contributed by atoms with Crippen LogP contribution in [-0.2, 0) is 18.4 Å². The Kier molecular flexibility index (Phi) is 8.17. The van der Waals surface area contributed by atoms with E-state index in [1.165, 1.54) is 23.9 Å². The number of carboxylic acids is 1. The maximum Gasteiger partial charge on any atom is 0.331 e. The van der Waals surface area contributed by atoms with Crippen molar-refractivity contribution in [3.8, 4) is 0 Å². The molecule has 2 N–H and O–H groups in total. The average Bonchev–Trinajstić information content (AvgIpc) is 2.73. The van der Waals surface area contributed by atoms with Gasteiger partial charge >= 0.3 is 11.7 Å². The summed E-state index contributed by atoms with van der Waals surface area (Å²) in [7, 11) is 1.48. The molecular formula is C22H21F2N3O5. The quantitative estimate of drug-likeness (QED) is 0.621. The van der Waals surface area contributed by atoms with Gasteiger partial charge in [0.25, 0.3) is 11.5 Å². The van der Waals surface area contributed by atoms with Crippen molar-refractivity contribution in [2.75, 3.05) is 6.54 Å². The van der Waals surface area contributed by atoms with Crippen molar-refractivity contribution in [2.24, 2.45) is 7.05 Å². The Morgan fingerprint density at radius 1 is 1.03 bits per heavy atom. The Morgan fingerprint density at radius 3 is 2.25 bits per heavy atom. The highest BCUT2D eigenvalue weighted by Gasteiger charge is 2.17. The van der Waals surface area contributed by atoms with Crippen LogP contribution >= 0.6 is 0 Å². The predicted octanol–water partition coefficient (Wildman–Crippen LogP) is 1.68. The second-order valence-electron chi connectivity index (χ2n) is 6.79. The number of amides is 1. The monoisotopic (exact) mass is 445 g/mol. The number of aliphatic carboxylic acids is 1. The molecule has 168 valence electrons. The van der Waals surface area contributed by atoms with Gasteiger partial charge in [-0.1, -0.05) is 35.9 Å². The minimum Gasteiger partial charge on any atom is -0.480 e. The van der Waals surface area contributed by atoms with E-state index in [0.29, 0.717) is 6.54 Å². The number of hydrogen-bond acceptors (Lipinski definition) is 4. The number of aromatic nitrogens is 2. The molecule has 1 amide bonds. The SMILES string of the molecule is Cc1cccc(Cn2ccc(=O)n(C)c2=O)c1.O=C(O)CNC(=O)c1c(F)cccc1F. The van der Waals surface area contributed by atoms with E-state index in [4.69, 9.17) is 5.11 Å². The first-order chi connectivity index (χ1) is 15.1. The highest BCUT2D eigenvalue weighted by atomic mass is 19.1. The first kappa shape index (κ1) is 24.2. The Bertz CT molecular complexity index is 1230. The molecule has 1 aromatic heterocycles. The molecule has 0 aliphatic rings. The van der Waals surface area contributed by atoms with E-state index < -0.39 is 35.6 Å². The van der Waals surface area contributed by atoms with Crippen molar-refractivity contribution >= 4 is 11.9 Å². The number of aryl methyl sites for hydroxylation is 1. The summed E-state index contributed by atoms with van der Waals surface area (Å²) in [5, 5.41) is 10.1. The van der Waals surface area contributed by atoms with Crippen LogP contribution in [-0.4, -0.2) is 32.7 Å². The molecule has 1 heterocycles. The van der Waals surface area contributed by atoms with Crippen LogP contribution in [0.1, 0.15) is 21.5 Å². The lowest BCUT2D eigenvalue weighted by Gasteiger charge is -2.07. The van der Waals surface area contributed by atoms with E-state index in [0.717, 1.165) is 33.9 Å². The van der Waals surface area contributed by atoms with Crippen LogP contribution < -0.4 is 16.6 Å². The van der Waals surface area contributed by atoms with Crippen molar-refractivity contribution < 1.29 is 23.5 Å². The van der Waals surface area contributed by atoms with Gasteiger partial charge in [-0.15, -0.1) is 0 Å². The standard InChI is InChI=1S/C13H14N2O2.C9H7F2NO3/c1-10-4-3-5-11(8-10)9-15-7-6-12(16)14(2)13(15)17;10-5-2-1-3-6(11)8(5)9(15)12-4-7(13)14/h3-8H,9H2,1-2H3;1-3H,4H2,(H,12,15)(H,13,14). The van der Waals surface area contributed by atoms with Gasteiger partial charge in [0.15, 0.2) is 0 Å². The molecule has 0 spiro atoms. The van der Waals surface area contributed by atoms with Crippen molar-refractivity contribution in [3.63, 3.8) is 0 Å². The van der Waals surface area contributed by atoms with E-state index >= 15 is 0 Å². The Hall–Kier alpha value is -4.08. The Labute approximate surface area is 181 Å². The minimum atomic E-state index is -1.29. The van der Waals surface area contributed by atoms with Gasteiger partial charge in [0, 0.05) is 19.3 Å². The number of nitrogens with zero attached hydrogens (tertiary/aromatic N) is 2. The smallest absolute Gasteiger partial charge is 0.331 e. The van der Waals surface area contributed by atoms with Crippen LogP contribution in [0.2, 0.25) is 0 Å². The van der Waals surface area contributed by atoms with Crippen LogP contribution in [0.4, 0.5) is 8.78 Å². The third-order valence-corrected chi connectivity index (χ3v) is 4.29. The number of rotatable bonds is 5. The van der Waals surface area contributed by atoms with Crippen molar-refractivity contribution in [3.05, 3.63) is 104 Å². The Morgan fingerprint density at radius 2 is 1.66 bits per heavy atom. The third kappa shape index (κ3) is 6.46. The van der Waals surface area contributed by atoms with E-state index in [-0.39, 0.29) is 11.2 Å². The van der Waals surface area contributed by atoms with Crippen molar-refractivity contribution in [1.29, 1.82) is 0 Å². The van der Waals surface area contributed by atoms with Crippen molar-refractivity contribution in [2.45, 2.75) is 13.5 Å². The highest BCUT2D eigenvalue weighted by Crippen LogP contribution is 2.11. The number of benzene rings is 2. The third-order valence-electron chi connectivity index (χ3n) is 4.29. The summed E-state index contributed by atoms with van der Waals surface area (Å²) in [5.41, 5.74) is 0.847. The van der Waals surface area contributed by atoms with Gasteiger partial charge in [-0.25, -0.2) is 13.6 Å². The lowest BCUT2D eigenvalue weighted by atomic mass is 10.1. The summed E-state index contributed by atoms with van der Waals surface area (Å²) in [6, 6.07) is 12.3. The maximum atomic E-state index is 13.0. The average molecular weight is 445 g/mol. The molecule has 0 aliphatic carbocycles. The highest BCUT2D eigenvalue weighted by molar-refractivity contribution is 5.96. The van der Waals surface area contributed by atoms with Gasteiger partial charge in [-0.2, -0.15) is 0 Å². The molecule has 3 rings (SSSR count). The molecule has 0 aliphatic heterocycles. The fourth-order valence-electron chi connectivity index (χ4n) is 2.70. The van der Waals surface area contributed by atoms with E-state index in [9.17, 15) is 28.0 Å². The minimum absolute atomic E-state index is 0.282. The molecule has 0 radical (unpaired) electrons. The zero-order chi connectivity index (χ0) is 23.8. The van der Waals surface area contributed by atoms with Crippen LogP contribution in [0.3, 0.4) is 0 Å². The van der Waals surface area contributed by atoms with Gasteiger partial charge in [-0.3, -0.25) is 23.5 Å². The molecule has 0 saturated heterocycles. The lowest BCUT2D eigenvalue weighted by Crippen LogP contribution is -2.37. The van der Waals surface area contributed by atoms with Gasteiger partial charge in [0.1, 0.15) is 23.7 Å². The van der Waals surface area contributed by atoms with Gasteiger partial charge in [-0.05, 0) is 24.6 Å². The molecule has 32 heavy (non-hydrogen) atoms. The normalized spacial score (nSPS) is 10.1. The molecule has 0 saturated carbocycles. The molecule has 10 heteroatoms. The number of hydrogen-bond donors (Lipinski definition) is 2. The predicted molar refractivity (Wildman–Crippen MR) is 113 cm³/mol. The van der Waals surface area contributed by atoms with E-state index in [1.807, 2.05) is 36.5 Å². The summed E-state index contributed by atoms with van der Waals surface area (Å²) >= 11 is 0. The summed E-state index contributed by atoms with van der Waals surface area (Å²) in [6.45, 7) is 1.80. The molecule has 2 aromatic carbocycles. The largest absolute Gasteiger partial charge is 0.480 e. The fraction of sp³-hybridized carbons (Fsp3) is 0.182. The van der Waals surface area contributed by atoms with Crippen LogP contribution in [0.25, 0.3) is 0 Å². The Balaban J connectivity index is 0.000000229. The second kappa shape index (κ2) is 10.8. The topological polar surface area (TPSA) is 110 Å². The van der Waals surface area contributed by atoms with Crippen LogP contribution in [0.5, 0.6) is 0 Å². The molecule has 0 bridgehead atoms. The zero-order valence-corrected chi connectivity index (χ0v) is 17.3. The summed E-state index contributed by atoms with van der Waals surface area (Å²) in [5.74, 6) is -4.44. The molecule has 0 unspecified atom stereocenters. The summed E-state index contributed by atoms with van der Waals surface area (Å²) in [4.78, 5) is 44.3. The second-order valence-corrected chi connectivity index (χ2v) is 6.79. The molecule has 0 atom stereocenters. The summed E-state index contributed by atoms with van der Waals surface area (Å²) in [6.07, 6.45) is 1.53. The van der Waals surface area contributed by atoms with Gasteiger partial charge in [0.2, 0.25) is 0 Å². The first-order valence-electron chi connectivity index (χ1n) is 9.36. The van der Waals surface area contributed by atoms with Gasteiger partial charge in [0.05, 0.1) is 6.54 Å². The van der Waals surface area contributed by atoms with Crippen LogP contribution in [0, 0.1) is 18.6 Å². The van der Waals surface area contributed by atoms with E-state index in [1.54, 1.807) is 0 Å². The van der Waals surface area contributed by atoms with Gasteiger partial charge < -0.3 is 10.4 Å². The zero-order valence-electron chi connectivity index (χ0n) is 17.3. The maximum absolute atomic E-state index is 13.0. The fourth-order valence-corrected chi connectivity index (χ4v) is 2.70.